The Morgan fingerprint density at radius 3 is 2.90 bits per heavy atom. The molecule has 0 aromatic carbocycles. The van der Waals surface area contributed by atoms with E-state index in [1.165, 1.54) is 5.56 Å². The van der Waals surface area contributed by atoms with Gasteiger partial charge in [-0.2, -0.15) is 5.10 Å². The van der Waals surface area contributed by atoms with Crippen LogP contribution in [0.1, 0.15) is 43.2 Å². The third-order valence-electron chi connectivity index (χ3n) is 5.95. The minimum absolute atomic E-state index is 0.162. The van der Waals surface area contributed by atoms with Gasteiger partial charge in [0.2, 0.25) is 5.88 Å². The van der Waals surface area contributed by atoms with Crippen molar-refractivity contribution >= 4 is 16.6 Å². The van der Waals surface area contributed by atoms with Gasteiger partial charge in [0.15, 0.2) is 0 Å². The number of hydrogen-bond acceptors (Lipinski definition) is 4. The lowest BCUT2D eigenvalue weighted by atomic mass is 9.98. The van der Waals surface area contributed by atoms with Crippen molar-refractivity contribution in [3.05, 3.63) is 66.6 Å². The highest BCUT2D eigenvalue weighted by Gasteiger charge is 2.28. The van der Waals surface area contributed by atoms with Crippen molar-refractivity contribution in [2.45, 2.75) is 38.2 Å². The Bertz CT molecular complexity index is 1220. The fourth-order valence-corrected chi connectivity index (χ4v) is 4.35. The molecule has 1 saturated carbocycles. The number of aryl methyl sites for hydroxylation is 1. The molecule has 6 nitrogen and oxygen atoms in total. The Kier molecular flexibility index (Phi) is 4.62. The second-order valence-corrected chi connectivity index (χ2v) is 8.12. The van der Waals surface area contributed by atoms with E-state index in [0.29, 0.717) is 11.8 Å². The first-order valence-electron chi connectivity index (χ1n) is 10.3. The number of ether oxygens (including phenoxy) is 1. The maximum Gasteiger partial charge on any atom is 0.221 e. The highest BCUT2D eigenvalue weighted by atomic mass is 16.5. The van der Waals surface area contributed by atoms with Crippen molar-refractivity contribution in [3.8, 4) is 17.3 Å². The molecule has 152 valence electrons. The lowest BCUT2D eigenvalue weighted by Crippen LogP contribution is -2.14. The van der Waals surface area contributed by atoms with Crippen LogP contribution in [0.3, 0.4) is 0 Å². The highest BCUT2D eigenvalue weighted by molar-refractivity contribution is 5.82. The van der Waals surface area contributed by atoms with Gasteiger partial charge in [-0.25, -0.2) is 9.97 Å². The molecular weight excluding hydrogens is 374 g/mol. The molecule has 0 saturated heterocycles. The summed E-state index contributed by atoms with van der Waals surface area (Å²) in [5, 5.41) is 5.38. The maximum absolute atomic E-state index is 6.26. The van der Waals surface area contributed by atoms with E-state index in [1.807, 2.05) is 43.0 Å². The van der Waals surface area contributed by atoms with Crippen molar-refractivity contribution in [2.24, 2.45) is 7.05 Å². The van der Waals surface area contributed by atoms with Crippen LogP contribution in [0.25, 0.3) is 28.0 Å². The summed E-state index contributed by atoms with van der Waals surface area (Å²) in [6.45, 7) is 6.03. The standard InChI is InChI=1S/C24H25N5O/c1-15(2)20-5-4-9-25-24(20)30-19-7-6-16(12-19)18-11-17-13-21(28-23(17)26-14-18)22-8-10-27-29(22)3/h4-5,8-11,13-14,16,19H,1,6-7,12H2,2-3H3,(H,26,28)/t16-,19+/m0/s1. The number of nitrogens with zero attached hydrogens (tertiary/aromatic N) is 4. The lowest BCUT2D eigenvalue weighted by molar-refractivity contribution is 0.199. The number of aromatic amines is 1. The van der Waals surface area contributed by atoms with Crippen LogP contribution < -0.4 is 4.74 Å². The molecule has 30 heavy (non-hydrogen) atoms. The monoisotopic (exact) mass is 399 g/mol. The van der Waals surface area contributed by atoms with Crippen molar-refractivity contribution in [1.82, 2.24) is 24.7 Å². The number of pyridine rings is 2. The number of fused-ring (bicyclic) bond motifs is 1. The third kappa shape index (κ3) is 3.38. The minimum atomic E-state index is 0.162. The second kappa shape index (κ2) is 7.44. The molecule has 0 aliphatic heterocycles. The highest BCUT2D eigenvalue weighted by Crippen LogP contribution is 2.38. The van der Waals surface area contributed by atoms with E-state index in [-0.39, 0.29) is 6.10 Å². The van der Waals surface area contributed by atoms with Gasteiger partial charge in [-0.05, 0) is 73.6 Å². The van der Waals surface area contributed by atoms with Crippen LogP contribution >= 0.6 is 0 Å². The largest absolute Gasteiger partial charge is 0.474 e. The van der Waals surface area contributed by atoms with E-state index in [9.17, 15) is 0 Å². The van der Waals surface area contributed by atoms with Crippen molar-refractivity contribution in [3.63, 3.8) is 0 Å². The minimum Gasteiger partial charge on any atom is -0.474 e. The van der Waals surface area contributed by atoms with Gasteiger partial charge < -0.3 is 9.72 Å². The van der Waals surface area contributed by atoms with Crippen LogP contribution in [0.15, 0.2) is 55.5 Å². The predicted octanol–water partition coefficient (Wildman–Crippen LogP) is 5.11. The number of aromatic nitrogens is 5. The summed E-state index contributed by atoms with van der Waals surface area (Å²) < 4.78 is 8.13. The quantitative estimate of drug-likeness (QED) is 0.506. The molecule has 6 heteroatoms. The van der Waals surface area contributed by atoms with Crippen LogP contribution in [0.2, 0.25) is 0 Å². The van der Waals surface area contributed by atoms with E-state index >= 15 is 0 Å². The summed E-state index contributed by atoms with van der Waals surface area (Å²) >= 11 is 0. The van der Waals surface area contributed by atoms with E-state index in [2.05, 4.69) is 38.8 Å². The van der Waals surface area contributed by atoms with Gasteiger partial charge in [-0.15, -0.1) is 0 Å². The average Bonchev–Trinajstić information content (AvgIpc) is 3.46. The smallest absolute Gasteiger partial charge is 0.221 e. The first-order chi connectivity index (χ1) is 14.6. The summed E-state index contributed by atoms with van der Waals surface area (Å²) in [5.74, 6) is 1.13. The first kappa shape index (κ1) is 18.6. The Morgan fingerprint density at radius 2 is 2.10 bits per heavy atom. The molecule has 0 bridgehead atoms. The average molecular weight is 399 g/mol. The molecule has 0 spiro atoms. The van der Waals surface area contributed by atoms with Gasteiger partial charge in [0.1, 0.15) is 11.8 Å². The number of H-pyrrole nitrogens is 1. The number of hydrogen-bond donors (Lipinski definition) is 1. The Balaban J connectivity index is 1.34. The van der Waals surface area contributed by atoms with Gasteiger partial charge in [-0.1, -0.05) is 6.58 Å². The summed E-state index contributed by atoms with van der Waals surface area (Å²) in [6, 6.07) is 10.3. The topological polar surface area (TPSA) is 68.6 Å². The summed E-state index contributed by atoms with van der Waals surface area (Å²) in [7, 11) is 1.94. The molecule has 4 aromatic heterocycles. The van der Waals surface area contributed by atoms with Crippen LogP contribution in [0.5, 0.6) is 5.88 Å². The maximum atomic E-state index is 6.26. The van der Waals surface area contributed by atoms with Crippen LogP contribution in [0.4, 0.5) is 0 Å². The fourth-order valence-electron chi connectivity index (χ4n) is 4.35. The van der Waals surface area contributed by atoms with Crippen molar-refractivity contribution < 1.29 is 4.74 Å². The van der Waals surface area contributed by atoms with Gasteiger partial charge >= 0.3 is 0 Å². The zero-order valence-electron chi connectivity index (χ0n) is 17.3. The molecule has 2 atom stereocenters. The molecule has 1 fully saturated rings. The SMILES string of the molecule is C=C(C)c1cccnc1O[C@@H]1CC[C@H](c2cnc3[nH]c(-c4ccnn4C)cc3c2)C1. The second-order valence-electron chi connectivity index (χ2n) is 8.12. The third-order valence-corrected chi connectivity index (χ3v) is 5.95. The summed E-state index contributed by atoms with van der Waals surface area (Å²) in [6.07, 6.45) is 8.82. The Hall–Kier alpha value is -3.41. The van der Waals surface area contributed by atoms with Crippen LogP contribution in [-0.4, -0.2) is 30.8 Å². The van der Waals surface area contributed by atoms with E-state index < -0.39 is 0 Å². The predicted molar refractivity (Wildman–Crippen MR) is 118 cm³/mol. The molecule has 0 radical (unpaired) electrons. The first-order valence-corrected chi connectivity index (χ1v) is 10.3. The number of allylic oxidation sites excluding steroid dienone is 1. The molecule has 5 rings (SSSR count). The summed E-state index contributed by atoms with van der Waals surface area (Å²) in [5.41, 5.74) is 6.21. The Morgan fingerprint density at radius 1 is 1.20 bits per heavy atom. The number of rotatable bonds is 5. The molecule has 1 N–H and O–H groups in total. The van der Waals surface area contributed by atoms with E-state index in [1.54, 1.807) is 12.4 Å². The fraction of sp³-hybridized carbons (Fsp3) is 0.292. The molecule has 4 aromatic rings. The van der Waals surface area contributed by atoms with E-state index in [0.717, 1.165) is 52.8 Å². The van der Waals surface area contributed by atoms with Crippen LogP contribution in [0, 0.1) is 0 Å². The summed E-state index contributed by atoms with van der Waals surface area (Å²) in [4.78, 5) is 12.5. The molecule has 0 unspecified atom stereocenters. The molecule has 1 aliphatic carbocycles. The van der Waals surface area contributed by atoms with Crippen molar-refractivity contribution in [2.75, 3.05) is 0 Å². The zero-order chi connectivity index (χ0) is 20.7. The number of nitrogens with one attached hydrogen (secondary N) is 1. The molecule has 4 heterocycles. The van der Waals surface area contributed by atoms with Crippen molar-refractivity contribution in [1.29, 1.82) is 0 Å². The lowest BCUT2D eigenvalue weighted by Gasteiger charge is -2.16. The van der Waals surface area contributed by atoms with Gasteiger partial charge in [-0.3, -0.25) is 4.68 Å². The van der Waals surface area contributed by atoms with Gasteiger partial charge in [0.05, 0.1) is 11.4 Å². The van der Waals surface area contributed by atoms with Gasteiger partial charge in [0, 0.05) is 36.6 Å². The normalized spacial score (nSPS) is 18.7. The Labute approximate surface area is 175 Å². The van der Waals surface area contributed by atoms with E-state index in [4.69, 9.17) is 4.74 Å². The zero-order valence-corrected chi connectivity index (χ0v) is 17.3. The molecular formula is C24H25N5O. The van der Waals surface area contributed by atoms with Crippen LogP contribution in [-0.2, 0) is 7.05 Å². The molecule has 1 aliphatic rings. The van der Waals surface area contributed by atoms with Gasteiger partial charge in [0.25, 0.3) is 0 Å². The molecule has 0 amide bonds.